The van der Waals surface area contributed by atoms with Crippen LogP contribution < -0.4 is 15.4 Å². The number of nitrogens with one attached hydrogen (secondary N) is 2. The number of fused-ring (bicyclic) bond motifs is 1. The molecule has 3 rings (SSSR count). The summed E-state index contributed by atoms with van der Waals surface area (Å²) in [5, 5.41) is 10.2. The number of aryl methyl sites for hydroxylation is 1. The quantitative estimate of drug-likeness (QED) is 0.811. The monoisotopic (exact) mass is 330 g/mol. The number of carbonyl (C=O) groups excluding carboxylic acids is 1. The number of unbranched alkanes of at least 4 members (excludes halogenated alkanes) is 1. The fourth-order valence-corrected chi connectivity index (χ4v) is 2.52. The van der Waals surface area contributed by atoms with Crippen molar-refractivity contribution in [3.05, 3.63) is 35.5 Å². The Morgan fingerprint density at radius 2 is 2.29 bits per heavy atom. The molecule has 0 saturated carbocycles. The Bertz CT molecular complexity index is 714. The van der Waals surface area contributed by atoms with Gasteiger partial charge in [-0.15, -0.1) is 0 Å². The Morgan fingerprint density at radius 1 is 1.42 bits per heavy atom. The molecule has 0 bridgehead atoms. The second kappa shape index (κ2) is 7.44. The molecule has 128 valence electrons. The van der Waals surface area contributed by atoms with Crippen LogP contribution in [0.2, 0.25) is 0 Å². The van der Waals surface area contributed by atoms with E-state index >= 15 is 0 Å². The van der Waals surface area contributed by atoms with Gasteiger partial charge < -0.3 is 19.9 Å². The number of benzene rings is 1. The summed E-state index contributed by atoms with van der Waals surface area (Å²) in [6, 6.07) is 5.86. The number of anilines is 1. The Balaban J connectivity index is 1.59. The van der Waals surface area contributed by atoms with Gasteiger partial charge in [0.25, 0.3) is 5.91 Å². The van der Waals surface area contributed by atoms with Gasteiger partial charge in [-0.25, -0.2) is 0 Å². The van der Waals surface area contributed by atoms with Gasteiger partial charge >= 0.3 is 0 Å². The smallest absolute Gasteiger partial charge is 0.262 e. The van der Waals surface area contributed by atoms with Gasteiger partial charge in [-0.3, -0.25) is 4.79 Å². The number of nitrogens with zero attached hydrogens (tertiary/aromatic N) is 2. The van der Waals surface area contributed by atoms with Crippen LogP contribution in [0.15, 0.2) is 22.7 Å². The highest BCUT2D eigenvalue weighted by atomic mass is 16.5. The van der Waals surface area contributed by atoms with E-state index in [1.807, 2.05) is 25.1 Å². The van der Waals surface area contributed by atoms with E-state index < -0.39 is 0 Å². The zero-order chi connectivity index (χ0) is 16.9. The summed E-state index contributed by atoms with van der Waals surface area (Å²) < 4.78 is 10.6. The standard InChI is InChI=1S/C17H22N4O3/c1-3-4-5-17-20-15(21-24-17)9-18-11(2)12-6-7-14-13(8-12)19-16(22)10-23-14/h6-8,11,18H,3-5,9-10H2,1-2H3,(H,19,22). The van der Waals surface area contributed by atoms with Gasteiger partial charge in [-0.05, 0) is 31.0 Å². The van der Waals surface area contributed by atoms with Crippen LogP contribution in [0.5, 0.6) is 5.75 Å². The van der Waals surface area contributed by atoms with Crippen molar-refractivity contribution in [3.63, 3.8) is 0 Å². The van der Waals surface area contributed by atoms with Crippen molar-refractivity contribution in [2.45, 2.75) is 45.7 Å². The maximum Gasteiger partial charge on any atom is 0.262 e. The molecule has 2 heterocycles. The second-order valence-electron chi connectivity index (χ2n) is 5.90. The van der Waals surface area contributed by atoms with Gasteiger partial charge in [0.05, 0.1) is 12.2 Å². The molecule has 2 N–H and O–H groups in total. The maximum absolute atomic E-state index is 11.4. The minimum atomic E-state index is -0.133. The summed E-state index contributed by atoms with van der Waals surface area (Å²) in [5.41, 5.74) is 1.76. The molecule has 1 unspecified atom stereocenters. The molecule has 7 nitrogen and oxygen atoms in total. The van der Waals surface area contributed by atoms with Crippen molar-refractivity contribution in [1.29, 1.82) is 0 Å². The van der Waals surface area contributed by atoms with Crippen molar-refractivity contribution >= 4 is 11.6 Å². The Labute approximate surface area is 140 Å². The molecule has 0 fully saturated rings. The summed E-state index contributed by atoms with van der Waals surface area (Å²) in [5.74, 6) is 1.91. The molecule has 1 aromatic carbocycles. The third-order valence-electron chi connectivity index (χ3n) is 3.96. The van der Waals surface area contributed by atoms with Gasteiger partial charge in [0.15, 0.2) is 12.4 Å². The summed E-state index contributed by atoms with van der Waals surface area (Å²) in [4.78, 5) is 15.8. The van der Waals surface area contributed by atoms with Crippen molar-refractivity contribution < 1.29 is 14.1 Å². The van der Waals surface area contributed by atoms with Gasteiger partial charge in [0.2, 0.25) is 5.89 Å². The second-order valence-corrected chi connectivity index (χ2v) is 5.90. The van der Waals surface area contributed by atoms with Crippen LogP contribution >= 0.6 is 0 Å². The zero-order valence-corrected chi connectivity index (χ0v) is 14.0. The average Bonchev–Trinajstić information content (AvgIpc) is 3.05. The molecular formula is C17H22N4O3. The molecule has 1 amide bonds. The Morgan fingerprint density at radius 3 is 3.12 bits per heavy atom. The van der Waals surface area contributed by atoms with E-state index in [0.29, 0.717) is 29.7 Å². The molecule has 1 aliphatic heterocycles. The molecule has 1 aromatic heterocycles. The van der Waals surface area contributed by atoms with Crippen molar-refractivity contribution in [2.75, 3.05) is 11.9 Å². The van der Waals surface area contributed by atoms with E-state index in [1.165, 1.54) is 0 Å². The number of rotatable bonds is 7. The Kier molecular flexibility index (Phi) is 5.10. The number of aromatic nitrogens is 2. The van der Waals surface area contributed by atoms with Crippen molar-refractivity contribution in [3.8, 4) is 5.75 Å². The molecule has 1 atom stereocenters. The number of amides is 1. The molecule has 0 radical (unpaired) electrons. The number of hydrogen-bond donors (Lipinski definition) is 2. The van der Waals surface area contributed by atoms with Crippen LogP contribution in [0.25, 0.3) is 0 Å². The van der Waals surface area contributed by atoms with Gasteiger partial charge in [0.1, 0.15) is 5.75 Å². The fraction of sp³-hybridized carbons (Fsp3) is 0.471. The third kappa shape index (κ3) is 3.91. The summed E-state index contributed by atoms with van der Waals surface area (Å²) in [6.07, 6.45) is 2.98. The number of ether oxygens (including phenoxy) is 1. The van der Waals surface area contributed by atoms with Crippen LogP contribution in [-0.2, 0) is 17.8 Å². The van der Waals surface area contributed by atoms with Crippen LogP contribution in [0.4, 0.5) is 5.69 Å². The van der Waals surface area contributed by atoms with E-state index in [2.05, 4.69) is 27.7 Å². The minimum Gasteiger partial charge on any atom is -0.482 e. The first-order valence-corrected chi connectivity index (χ1v) is 8.27. The minimum absolute atomic E-state index is 0.0678. The first-order valence-electron chi connectivity index (χ1n) is 8.27. The van der Waals surface area contributed by atoms with Gasteiger partial charge in [-0.1, -0.05) is 24.6 Å². The SMILES string of the molecule is CCCCc1nc(CNC(C)c2ccc3c(c2)NC(=O)CO3)no1. The van der Waals surface area contributed by atoms with Crippen LogP contribution in [-0.4, -0.2) is 22.7 Å². The number of carbonyl (C=O) groups is 1. The normalized spacial score (nSPS) is 14.7. The van der Waals surface area contributed by atoms with Crippen molar-refractivity contribution in [2.24, 2.45) is 0 Å². The van der Waals surface area contributed by atoms with E-state index in [1.54, 1.807) is 0 Å². The molecule has 0 saturated heterocycles. The van der Waals surface area contributed by atoms with Crippen molar-refractivity contribution in [1.82, 2.24) is 15.5 Å². The largest absolute Gasteiger partial charge is 0.482 e. The lowest BCUT2D eigenvalue weighted by Gasteiger charge is -2.20. The lowest BCUT2D eigenvalue weighted by molar-refractivity contribution is -0.118. The highest BCUT2D eigenvalue weighted by Gasteiger charge is 2.17. The van der Waals surface area contributed by atoms with Crippen LogP contribution in [0.3, 0.4) is 0 Å². The molecule has 24 heavy (non-hydrogen) atoms. The number of hydrogen-bond acceptors (Lipinski definition) is 6. The maximum atomic E-state index is 11.4. The fourth-order valence-electron chi connectivity index (χ4n) is 2.52. The molecule has 1 aliphatic rings. The van der Waals surface area contributed by atoms with E-state index in [-0.39, 0.29) is 18.6 Å². The molecular weight excluding hydrogens is 308 g/mol. The van der Waals surface area contributed by atoms with Crippen LogP contribution in [0.1, 0.15) is 50.0 Å². The first-order chi connectivity index (χ1) is 11.7. The van der Waals surface area contributed by atoms with Gasteiger partial charge in [0, 0.05) is 12.5 Å². The lowest BCUT2D eigenvalue weighted by atomic mass is 10.1. The molecule has 0 aliphatic carbocycles. The average molecular weight is 330 g/mol. The molecule has 2 aromatic rings. The summed E-state index contributed by atoms with van der Waals surface area (Å²) >= 11 is 0. The molecule has 0 spiro atoms. The highest BCUT2D eigenvalue weighted by molar-refractivity contribution is 5.95. The summed E-state index contributed by atoms with van der Waals surface area (Å²) in [6.45, 7) is 4.77. The third-order valence-corrected chi connectivity index (χ3v) is 3.96. The van der Waals surface area contributed by atoms with E-state index in [4.69, 9.17) is 9.26 Å². The first kappa shape index (κ1) is 16.4. The predicted octanol–water partition coefficient (Wildman–Crippen LogP) is 2.59. The molecule has 7 heteroatoms. The van der Waals surface area contributed by atoms with E-state index in [0.717, 1.165) is 24.8 Å². The van der Waals surface area contributed by atoms with Gasteiger partial charge in [-0.2, -0.15) is 4.98 Å². The predicted molar refractivity (Wildman–Crippen MR) is 88.7 cm³/mol. The topological polar surface area (TPSA) is 89.3 Å². The van der Waals surface area contributed by atoms with E-state index in [9.17, 15) is 4.79 Å². The van der Waals surface area contributed by atoms with Crippen LogP contribution in [0, 0.1) is 0 Å². The lowest BCUT2D eigenvalue weighted by Crippen LogP contribution is -2.26. The highest BCUT2D eigenvalue weighted by Crippen LogP contribution is 2.30. The Hall–Kier alpha value is -2.41. The zero-order valence-electron chi connectivity index (χ0n) is 14.0. The summed E-state index contributed by atoms with van der Waals surface area (Å²) in [7, 11) is 0.